The zero-order valence-corrected chi connectivity index (χ0v) is 22.3. The molecule has 3 heterocycles. The number of halogens is 3. The number of pyridine rings is 1. The van der Waals surface area contributed by atoms with Crippen molar-refractivity contribution in [1.82, 2.24) is 14.8 Å². The van der Waals surface area contributed by atoms with E-state index in [0.29, 0.717) is 54.0 Å². The molecule has 2 amide bonds. The molecule has 2 aliphatic heterocycles. The highest BCUT2D eigenvalue weighted by Crippen LogP contribution is 2.40. The smallest absolute Gasteiger partial charge is 0.253 e. The second-order valence-electron chi connectivity index (χ2n) is 10.1. The highest BCUT2D eigenvalue weighted by atomic mass is 35.5. The van der Waals surface area contributed by atoms with Gasteiger partial charge in [0.15, 0.2) is 0 Å². The quantitative estimate of drug-likeness (QED) is 0.365. The molecule has 9 heteroatoms. The van der Waals surface area contributed by atoms with Crippen molar-refractivity contribution in [2.24, 2.45) is 5.41 Å². The highest BCUT2D eigenvalue weighted by molar-refractivity contribution is 6.31. The predicted octanol–water partition coefficient (Wildman–Crippen LogP) is 6.41. The van der Waals surface area contributed by atoms with Crippen LogP contribution in [0.25, 0.3) is 0 Å². The largest absolute Gasteiger partial charge is 0.439 e. The van der Waals surface area contributed by atoms with Gasteiger partial charge < -0.3 is 14.5 Å². The van der Waals surface area contributed by atoms with E-state index in [1.807, 2.05) is 9.80 Å². The number of ether oxygens (including phenoxy) is 1. The van der Waals surface area contributed by atoms with E-state index in [1.165, 1.54) is 18.3 Å². The summed E-state index contributed by atoms with van der Waals surface area (Å²) in [6.45, 7) is 2.69. The van der Waals surface area contributed by atoms with Crippen LogP contribution in [0.15, 0.2) is 60.8 Å². The number of aromatic nitrogens is 1. The number of amides is 2. The molecule has 1 spiro atoms. The van der Waals surface area contributed by atoms with Crippen LogP contribution in [0.2, 0.25) is 10.0 Å². The zero-order chi connectivity index (χ0) is 26.7. The molecular weight excluding hydrogens is 528 g/mol. The number of carbonyl (C=O) groups is 2. The van der Waals surface area contributed by atoms with Gasteiger partial charge in [0, 0.05) is 49.0 Å². The van der Waals surface area contributed by atoms with Crippen LogP contribution in [0.4, 0.5) is 4.39 Å². The maximum Gasteiger partial charge on any atom is 0.253 e. The van der Waals surface area contributed by atoms with Crippen LogP contribution in [0.5, 0.6) is 11.6 Å². The first-order chi connectivity index (χ1) is 18.3. The van der Waals surface area contributed by atoms with Crippen LogP contribution in [-0.4, -0.2) is 52.8 Å². The Labute approximate surface area is 231 Å². The molecule has 5 rings (SSSR count). The minimum Gasteiger partial charge on any atom is -0.439 e. The van der Waals surface area contributed by atoms with Gasteiger partial charge in [0.2, 0.25) is 11.8 Å². The first-order valence-electron chi connectivity index (χ1n) is 12.7. The van der Waals surface area contributed by atoms with Gasteiger partial charge in [0.05, 0.1) is 11.4 Å². The summed E-state index contributed by atoms with van der Waals surface area (Å²) in [5, 5.41) is 0.808. The summed E-state index contributed by atoms with van der Waals surface area (Å²) in [5.74, 6) is 0.597. The van der Waals surface area contributed by atoms with Crippen molar-refractivity contribution in [3.05, 3.63) is 87.8 Å². The van der Waals surface area contributed by atoms with Crippen LogP contribution >= 0.6 is 23.2 Å². The first-order valence-corrected chi connectivity index (χ1v) is 13.5. The number of nitrogens with zero attached hydrogens (tertiary/aromatic N) is 3. The normalized spacial score (nSPS) is 16.9. The fraction of sp³-hybridized carbons (Fsp3) is 0.345. The number of carbonyl (C=O) groups excluding carboxylic acids is 2. The van der Waals surface area contributed by atoms with Gasteiger partial charge in [0.1, 0.15) is 11.6 Å². The number of hydrogen-bond donors (Lipinski definition) is 0. The SMILES string of the molecule is O=C(Cc1ccc(F)cc1Cl)N1CCCC2(CCN(C(=O)c3ccc(Oc4ccc(Cl)cn4)cc3)CC2)C1. The van der Waals surface area contributed by atoms with Gasteiger partial charge >= 0.3 is 0 Å². The monoisotopic (exact) mass is 555 g/mol. The van der Waals surface area contributed by atoms with Crippen molar-refractivity contribution in [1.29, 1.82) is 0 Å². The molecule has 2 aliphatic rings. The van der Waals surface area contributed by atoms with E-state index in [-0.39, 0.29) is 28.7 Å². The van der Waals surface area contributed by atoms with Crippen LogP contribution in [-0.2, 0) is 11.2 Å². The van der Waals surface area contributed by atoms with Gasteiger partial charge in [-0.25, -0.2) is 9.37 Å². The molecule has 2 saturated heterocycles. The van der Waals surface area contributed by atoms with Gasteiger partial charge in [-0.2, -0.15) is 0 Å². The summed E-state index contributed by atoms with van der Waals surface area (Å²) in [4.78, 5) is 34.1. The van der Waals surface area contributed by atoms with Gasteiger partial charge in [-0.3, -0.25) is 9.59 Å². The molecule has 2 aromatic carbocycles. The molecule has 0 aliphatic carbocycles. The Bertz CT molecular complexity index is 1310. The van der Waals surface area contributed by atoms with E-state index in [2.05, 4.69) is 4.98 Å². The molecule has 0 atom stereocenters. The minimum absolute atomic E-state index is 0.00666. The van der Waals surface area contributed by atoms with E-state index in [9.17, 15) is 14.0 Å². The van der Waals surface area contributed by atoms with Gasteiger partial charge in [-0.15, -0.1) is 0 Å². The molecule has 0 N–H and O–H groups in total. The Morgan fingerprint density at radius 3 is 2.39 bits per heavy atom. The van der Waals surface area contributed by atoms with Crippen LogP contribution in [0.3, 0.4) is 0 Å². The lowest BCUT2D eigenvalue weighted by Gasteiger charge is -2.47. The molecule has 6 nitrogen and oxygen atoms in total. The molecule has 3 aromatic rings. The summed E-state index contributed by atoms with van der Waals surface area (Å²) < 4.78 is 19.1. The summed E-state index contributed by atoms with van der Waals surface area (Å²) in [6.07, 6.45) is 5.35. The fourth-order valence-corrected chi connectivity index (χ4v) is 5.69. The highest BCUT2D eigenvalue weighted by Gasteiger charge is 2.40. The third-order valence-corrected chi connectivity index (χ3v) is 8.08. The second-order valence-corrected chi connectivity index (χ2v) is 10.9. The van der Waals surface area contributed by atoms with Crippen molar-refractivity contribution in [2.45, 2.75) is 32.1 Å². The summed E-state index contributed by atoms with van der Waals surface area (Å²) >= 11 is 12.0. The molecular formula is C29H28Cl2FN3O3. The lowest BCUT2D eigenvalue weighted by molar-refractivity contribution is -0.134. The molecule has 0 saturated carbocycles. The molecule has 2 fully saturated rings. The Balaban J connectivity index is 1.15. The Hall–Kier alpha value is -3.16. The van der Waals surface area contributed by atoms with Crippen molar-refractivity contribution >= 4 is 35.0 Å². The molecule has 198 valence electrons. The van der Waals surface area contributed by atoms with Crippen LogP contribution < -0.4 is 4.74 Å². The maximum absolute atomic E-state index is 13.4. The standard InChI is InChI=1S/C29H28Cl2FN3O3/c30-22-5-9-26(33-18-22)38-24-7-3-20(4-8-24)28(37)34-14-11-29(12-15-34)10-1-13-35(19-29)27(36)16-21-2-6-23(32)17-25(21)31/h2-9,17-18H,1,10-16,19H2. The Morgan fingerprint density at radius 2 is 1.71 bits per heavy atom. The van der Waals surface area contributed by atoms with Gasteiger partial charge in [0.25, 0.3) is 5.91 Å². The third kappa shape index (κ3) is 6.11. The Kier molecular flexibility index (Phi) is 7.86. The number of piperidine rings is 2. The fourth-order valence-electron chi connectivity index (χ4n) is 5.34. The molecule has 0 bridgehead atoms. The minimum atomic E-state index is -0.413. The predicted molar refractivity (Wildman–Crippen MR) is 144 cm³/mol. The van der Waals surface area contributed by atoms with E-state index >= 15 is 0 Å². The van der Waals surface area contributed by atoms with E-state index in [4.69, 9.17) is 27.9 Å². The summed E-state index contributed by atoms with van der Waals surface area (Å²) in [7, 11) is 0. The molecule has 38 heavy (non-hydrogen) atoms. The van der Waals surface area contributed by atoms with Gasteiger partial charge in [-0.05, 0) is 79.1 Å². The number of rotatable bonds is 5. The lowest BCUT2D eigenvalue weighted by atomic mass is 9.72. The van der Waals surface area contributed by atoms with Crippen LogP contribution in [0.1, 0.15) is 41.6 Å². The number of hydrogen-bond acceptors (Lipinski definition) is 4. The summed E-state index contributed by atoms with van der Waals surface area (Å²) in [6, 6.07) is 14.6. The average molecular weight is 556 g/mol. The van der Waals surface area contributed by atoms with E-state index in [1.54, 1.807) is 42.5 Å². The number of likely N-dealkylation sites (tertiary alicyclic amines) is 2. The topological polar surface area (TPSA) is 62.7 Å². The lowest BCUT2D eigenvalue weighted by Crippen LogP contribution is -2.52. The van der Waals surface area contributed by atoms with Gasteiger partial charge in [-0.1, -0.05) is 29.3 Å². The average Bonchev–Trinajstić information content (AvgIpc) is 2.92. The summed E-state index contributed by atoms with van der Waals surface area (Å²) in [5.41, 5.74) is 1.26. The number of benzene rings is 2. The molecule has 0 unspecified atom stereocenters. The van der Waals surface area contributed by atoms with Crippen LogP contribution in [0, 0.1) is 11.2 Å². The maximum atomic E-state index is 13.4. The van der Waals surface area contributed by atoms with Crippen molar-refractivity contribution in [3.63, 3.8) is 0 Å². The van der Waals surface area contributed by atoms with Crippen molar-refractivity contribution in [3.8, 4) is 11.6 Å². The van der Waals surface area contributed by atoms with Crippen molar-refractivity contribution in [2.75, 3.05) is 26.2 Å². The molecule has 0 radical (unpaired) electrons. The second kappa shape index (κ2) is 11.3. The third-order valence-electron chi connectivity index (χ3n) is 7.51. The first kappa shape index (κ1) is 26.4. The molecule has 1 aromatic heterocycles. The van der Waals surface area contributed by atoms with Crippen molar-refractivity contribution < 1.29 is 18.7 Å². The van der Waals surface area contributed by atoms with E-state index < -0.39 is 5.82 Å². The Morgan fingerprint density at radius 1 is 0.947 bits per heavy atom. The zero-order valence-electron chi connectivity index (χ0n) is 20.8. The van der Waals surface area contributed by atoms with E-state index in [0.717, 1.165) is 25.7 Å².